The topological polar surface area (TPSA) is 125 Å². The minimum atomic E-state index is -4.48. The molecule has 4 aromatic rings. The Bertz CT molecular complexity index is 1650. The van der Waals surface area contributed by atoms with Crippen molar-refractivity contribution in [2.24, 2.45) is 5.73 Å². The number of amidine groups is 1. The van der Waals surface area contributed by atoms with Gasteiger partial charge in [-0.2, -0.15) is 18.2 Å². The zero-order valence-corrected chi connectivity index (χ0v) is 24.6. The van der Waals surface area contributed by atoms with Crippen molar-refractivity contribution in [2.75, 3.05) is 13.2 Å². The van der Waals surface area contributed by atoms with E-state index in [-0.39, 0.29) is 47.4 Å². The number of fused-ring (bicyclic) bond motifs is 1. The molecule has 0 amide bonds. The predicted molar refractivity (Wildman–Crippen MR) is 162 cm³/mol. The van der Waals surface area contributed by atoms with E-state index in [1.807, 2.05) is 19.1 Å². The number of aryl methyl sites for hydroxylation is 1. The van der Waals surface area contributed by atoms with E-state index in [1.54, 1.807) is 24.4 Å². The van der Waals surface area contributed by atoms with Crippen molar-refractivity contribution in [1.29, 1.82) is 5.41 Å². The third kappa shape index (κ3) is 8.42. The van der Waals surface area contributed by atoms with Gasteiger partial charge in [-0.25, -0.2) is 13.6 Å². The number of hydrogen-bond donors (Lipinski definition) is 5. The number of halogens is 6. The van der Waals surface area contributed by atoms with E-state index >= 15 is 4.39 Å². The summed E-state index contributed by atoms with van der Waals surface area (Å²) in [6.07, 6.45) is -2.12. The molecule has 2 heterocycles. The average Bonchev–Trinajstić information content (AvgIpc) is 3.39. The second kappa shape index (κ2) is 14.3. The van der Waals surface area contributed by atoms with E-state index in [4.69, 9.17) is 22.7 Å². The van der Waals surface area contributed by atoms with Crippen LogP contribution in [0.25, 0.3) is 28.0 Å². The van der Waals surface area contributed by atoms with Gasteiger partial charge in [-0.05, 0) is 74.1 Å². The molecule has 0 aliphatic carbocycles. The molecule has 0 radical (unpaired) electrons. The van der Waals surface area contributed by atoms with Gasteiger partial charge in [-0.3, -0.25) is 9.98 Å². The molecule has 2 aromatic carbocycles. The molecule has 44 heavy (non-hydrogen) atoms. The zero-order chi connectivity index (χ0) is 32.0. The molecule has 0 spiro atoms. The summed E-state index contributed by atoms with van der Waals surface area (Å²) in [5.74, 6) is -0.849. The Hall–Kier alpha value is -3.81. The van der Waals surface area contributed by atoms with Crippen LogP contribution in [-0.4, -0.2) is 51.9 Å². The van der Waals surface area contributed by atoms with Gasteiger partial charge in [0.15, 0.2) is 5.82 Å². The summed E-state index contributed by atoms with van der Waals surface area (Å²) < 4.78 is 67.0. The van der Waals surface area contributed by atoms with Gasteiger partial charge in [0.25, 0.3) is 0 Å². The molecule has 4 rings (SSSR count). The average molecular weight is 638 g/mol. The SMILES string of the molecule is CC(CCNC(=N)CF)NCc1ccc(-n2cc3cc(-c4cc(CCC[C@@H](N)C(F)(F)F)cc(Cl)c4F)[nH]c3nc2=O)cc1. The number of benzene rings is 2. The molecule has 2 aromatic heterocycles. The highest BCUT2D eigenvalue weighted by Crippen LogP contribution is 2.32. The summed E-state index contributed by atoms with van der Waals surface area (Å²) >= 11 is 6.11. The molecule has 0 saturated carbocycles. The van der Waals surface area contributed by atoms with Crippen molar-refractivity contribution in [3.8, 4) is 16.9 Å². The third-order valence-electron chi connectivity index (χ3n) is 7.21. The Kier molecular flexibility index (Phi) is 10.8. The molecule has 0 fully saturated rings. The maximum absolute atomic E-state index is 15.0. The molecule has 0 aliphatic rings. The molecule has 0 saturated heterocycles. The Morgan fingerprint density at radius 1 is 1.16 bits per heavy atom. The lowest BCUT2D eigenvalue weighted by atomic mass is 10.0. The molecule has 2 atom stereocenters. The maximum atomic E-state index is 15.0. The maximum Gasteiger partial charge on any atom is 0.403 e. The van der Waals surface area contributed by atoms with Gasteiger partial charge in [0.2, 0.25) is 0 Å². The van der Waals surface area contributed by atoms with Gasteiger partial charge < -0.3 is 21.4 Å². The van der Waals surface area contributed by atoms with Gasteiger partial charge in [0, 0.05) is 36.3 Å². The minimum absolute atomic E-state index is 0.104. The molecule has 14 heteroatoms. The molecule has 236 valence electrons. The second-order valence-electron chi connectivity index (χ2n) is 10.6. The molecule has 1 unspecified atom stereocenters. The Balaban J connectivity index is 1.47. The monoisotopic (exact) mass is 637 g/mol. The summed E-state index contributed by atoms with van der Waals surface area (Å²) in [6.45, 7) is 2.23. The Morgan fingerprint density at radius 3 is 2.57 bits per heavy atom. The van der Waals surface area contributed by atoms with Crippen LogP contribution in [0.4, 0.5) is 22.0 Å². The second-order valence-corrected chi connectivity index (χ2v) is 11.0. The number of rotatable bonds is 13. The fourth-order valence-electron chi connectivity index (χ4n) is 4.66. The fourth-order valence-corrected chi connectivity index (χ4v) is 4.90. The fraction of sp³-hybridized carbons (Fsp3) is 0.367. The van der Waals surface area contributed by atoms with Crippen LogP contribution in [0, 0.1) is 11.2 Å². The molecule has 0 bridgehead atoms. The van der Waals surface area contributed by atoms with E-state index in [9.17, 15) is 22.4 Å². The van der Waals surface area contributed by atoms with E-state index in [1.165, 1.54) is 16.7 Å². The van der Waals surface area contributed by atoms with Crippen molar-refractivity contribution in [3.63, 3.8) is 0 Å². The van der Waals surface area contributed by atoms with Gasteiger partial charge >= 0.3 is 11.9 Å². The zero-order valence-electron chi connectivity index (χ0n) is 23.9. The minimum Gasteiger partial charge on any atom is -0.372 e. The van der Waals surface area contributed by atoms with Gasteiger partial charge in [-0.15, -0.1) is 0 Å². The number of nitrogens with two attached hydrogens (primary N) is 1. The number of aromatic amines is 1. The van der Waals surface area contributed by atoms with E-state index < -0.39 is 30.4 Å². The van der Waals surface area contributed by atoms with Crippen LogP contribution in [0.3, 0.4) is 0 Å². The number of nitrogens with one attached hydrogen (secondary N) is 4. The molecular formula is C30H33ClF5N7O. The van der Waals surface area contributed by atoms with Crippen molar-refractivity contribution in [1.82, 2.24) is 25.2 Å². The number of H-pyrrole nitrogens is 1. The van der Waals surface area contributed by atoms with Crippen LogP contribution in [0.15, 0.2) is 53.5 Å². The number of hydrogen-bond acceptors (Lipinski definition) is 5. The number of aromatic nitrogens is 3. The lowest BCUT2D eigenvalue weighted by molar-refractivity contribution is -0.149. The lowest BCUT2D eigenvalue weighted by Crippen LogP contribution is -2.37. The van der Waals surface area contributed by atoms with Crippen molar-refractivity contribution >= 4 is 28.5 Å². The van der Waals surface area contributed by atoms with Crippen LogP contribution in [0.5, 0.6) is 0 Å². The summed E-state index contributed by atoms with van der Waals surface area (Å²) in [7, 11) is 0. The van der Waals surface area contributed by atoms with Crippen LogP contribution >= 0.6 is 11.6 Å². The van der Waals surface area contributed by atoms with E-state index in [0.717, 1.165) is 5.56 Å². The quantitative estimate of drug-likeness (QED) is 0.0721. The lowest BCUT2D eigenvalue weighted by Gasteiger charge is -2.15. The first-order valence-corrected chi connectivity index (χ1v) is 14.4. The normalized spacial score (nSPS) is 13.3. The van der Waals surface area contributed by atoms with Crippen molar-refractivity contribution in [3.05, 3.63) is 81.1 Å². The summed E-state index contributed by atoms with van der Waals surface area (Å²) in [6, 6.07) is 10.0. The first-order valence-electron chi connectivity index (χ1n) is 14.0. The largest absolute Gasteiger partial charge is 0.403 e. The first-order chi connectivity index (χ1) is 20.8. The highest BCUT2D eigenvalue weighted by Gasteiger charge is 2.35. The van der Waals surface area contributed by atoms with E-state index in [0.29, 0.717) is 41.8 Å². The third-order valence-corrected chi connectivity index (χ3v) is 7.48. The Labute approximate surface area is 255 Å². The van der Waals surface area contributed by atoms with Crippen molar-refractivity contribution in [2.45, 2.75) is 57.4 Å². The smallest absolute Gasteiger partial charge is 0.372 e. The predicted octanol–water partition coefficient (Wildman–Crippen LogP) is 5.79. The van der Waals surface area contributed by atoms with Crippen LogP contribution in [0.1, 0.15) is 37.3 Å². The van der Waals surface area contributed by atoms with Gasteiger partial charge in [0.05, 0.1) is 16.4 Å². The van der Waals surface area contributed by atoms with E-state index in [2.05, 4.69) is 20.6 Å². The summed E-state index contributed by atoms with van der Waals surface area (Å²) in [5, 5.41) is 13.7. The molecule has 6 N–H and O–H groups in total. The molecular weight excluding hydrogens is 605 g/mol. The van der Waals surface area contributed by atoms with Crippen LogP contribution < -0.4 is 22.1 Å². The summed E-state index contributed by atoms with van der Waals surface area (Å²) in [5.41, 5.74) is 7.39. The number of nitrogens with zero attached hydrogens (tertiary/aromatic N) is 2. The first kappa shape index (κ1) is 33.1. The van der Waals surface area contributed by atoms with Crippen LogP contribution in [0.2, 0.25) is 5.02 Å². The summed E-state index contributed by atoms with van der Waals surface area (Å²) in [4.78, 5) is 19.9. The highest BCUT2D eigenvalue weighted by atomic mass is 35.5. The van der Waals surface area contributed by atoms with Gasteiger partial charge in [0.1, 0.15) is 24.2 Å². The van der Waals surface area contributed by atoms with Crippen LogP contribution in [-0.2, 0) is 13.0 Å². The van der Waals surface area contributed by atoms with Crippen molar-refractivity contribution < 1.29 is 22.0 Å². The molecule has 8 nitrogen and oxygen atoms in total. The molecule has 0 aliphatic heterocycles. The standard InChI is InChI=1S/C30H33ClF5N7O/c1-17(9-10-39-26(38)14-32)40-15-18-5-7-21(8-6-18)43-16-20-13-24(41-28(20)42-29(43)44)22-11-19(12-23(31)27(22)33)3-2-4-25(37)30(34,35)36/h5-8,11-13,16-17,25,40H,2-4,9-10,14-15,37H2,1H3,(H2,38,39)(H,41,42,44)/t17?,25-/m1/s1. The number of alkyl halides is 4. The van der Waals surface area contributed by atoms with Gasteiger partial charge in [-0.1, -0.05) is 23.7 Å². The Morgan fingerprint density at radius 2 is 1.89 bits per heavy atom. The highest BCUT2D eigenvalue weighted by molar-refractivity contribution is 6.31.